The second kappa shape index (κ2) is 6.05. The number of methoxy groups -OCH3 is 1. The van der Waals surface area contributed by atoms with Crippen molar-refractivity contribution in [1.82, 2.24) is 5.01 Å². The summed E-state index contributed by atoms with van der Waals surface area (Å²) < 4.78 is 4.62. The van der Waals surface area contributed by atoms with Crippen molar-refractivity contribution in [2.45, 2.75) is 31.9 Å². The molecule has 112 valence electrons. The molecule has 1 aromatic rings. The Balaban J connectivity index is 2.36. The van der Waals surface area contributed by atoms with E-state index in [1.165, 1.54) is 7.11 Å². The molecule has 0 aliphatic carbocycles. The molecule has 1 heterocycles. The summed E-state index contributed by atoms with van der Waals surface area (Å²) in [5.41, 5.74) is -1.11. The largest absolute Gasteiger partial charge is 0.465 e. The van der Waals surface area contributed by atoms with Crippen molar-refractivity contribution in [2.75, 3.05) is 7.11 Å². The average Bonchev–Trinajstić information content (AvgIpc) is 2.85. The third-order valence-corrected chi connectivity index (χ3v) is 3.31. The van der Waals surface area contributed by atoms with Crippen molar-refractivity contribution in [3.8, 4) is 0 Å². The van der Waals surface area contributed by atoms with Gasteiger partial charge in [0, 0.05) is 17.7 Å². The predicted molar refractivity (Wildman–Crippen MR) is 76.5 cm³/mol. The van der Waals surface area contributed by atoms with Crippen molar-refractivity contribution in [2.24, 2.45) is 5.10 Å². The number of rotatable bonds is 4. The highest BCUT2D eigenvalue weighted by Crippen LogP contribution is 2.29. The molecule has 0 spiro atoms. The number of benzene rings is 1. The molecule has 1 N–H and O–H groups in total. The molecule has 0 fully saturated rings. The van der Waals surface area contributed by atoms with E-state index < -0.39 is 17.6 Å². The number of ether oxygens (including phenoxy) is 1. The molecule has 1 atom stereocenters. The molecule has 1 aliphatic heterocycles. The number of hydrogen-bond donors (Lipinski definition) is 1. The van der Waals surface area contributed by atoms with Crippen LogP contribution in [-0.2, 0) is 9.53 Å². The number of aliphatic hydroxyl groups is 1. The van der Waals surface area contributed by atoms with Gasteiger partial charge in [-0.15, -0.1) is 0 Å². The van der Waals surface area contributed by atoms with Crippen molar-refractivity contribution in [1.29, 1.82) is 0 Å². The molecule has 0 aromatic heterocycles. The number of hydrazone groups is 1. The zero-order chi connectivity index (χ0) is 15.5. The fraction of sp³-hybridized carbons (Fsp3) is 0.400. The molecule has 1 aromatic carbocycles. The summed E-state index contributed by atoms with van der Waals surface area (Å²) in [6.45, 7) is 1.96. The summed E-state index contributed by atoms with van der Waals surface area (Å²) in [4.78, 5) is 24.4. The van der Waals surface area contributed by atoms with E-state index in [4.69, 9.17) is 0 Å². The molecule has 0 saturated heterocycles. The highest BCUT2D eigenvalue weighted by atomic mass is 16.5. The van der Waals surface area contributed by atoms with Gasteiger partial charge in [-0.05, 0) is 18.6 Å². The van der Waals surface area contributed by atoms with Crippen LogP contribution in [0.4, 0.5) is 0 Å². The van der Waals surface area contributed by atoms with E-state index >= 15 is 0 Å². The highest BCUT2D eigenvalue weighted by Gasteiger charge is 2.51. The Morgan fingerprint density at radius 1 is 1.38 bits per heavy atom. The van der Waals surface area contributed by atoms with Crippen molar-refractivity contribution >= 4 is 17.6 Å². The number of amides is 1. The molecule has 0 bridgehead atoms. The lowest BCUT2D eigenvalue weighted by Gasteiger charge is -2.28. The topological polar surface area (TPSA) is 79.2 Å². The van der Waals surface area contributed by atoms with Gasteiger partial charge in [0.25, 0.3) is 11.6 Å². The quantitative estimate of drug-likeness (QED) is 0.853. The third-order valence-electron chi connectivity index (χ3n) is 3.31. The Morgan fingerprint density at radius 2 is 2.05 bits per heavy atom. The molecule has 21 heavy (non-hydrogen) atoms. The van der Waals surface area contributed by atoms with Crippen LogP contribution in [0.3, 0.4) is 0 Å². The first-order chi connectivity index (χ1) is 10.0. The number of nitrogens with zero attached hydrogens (tertiary/aromatic N) is 2. The molecule has 6 heteroatoms. The van der Waals surface area contributed by atoms with Gasteiger partial charge in [-0.25, -0.2) is 4.79 Å². The summed E-state index contributed by atoms with van der Waals surface area (Å²) in [6.07, 6.45) is 1.40. The minimum absolute atomic E-state index is 0.0217. The molecular formula is C15H18N2O4. The Kier molecular flexibility index (Phi) is 4.37. The second-order valence-corrected chi connectivity index (χ2v) is 4.88. The number of carbonyl (C=O) groups is 2. The van der Waals surface area contributed by atoms with Crippen LogP contribution < -0.4 is 0 Å². The van der Waals surface area contributed by atoms with Crippen molar-refractivity contribution in [3.63, 3.8) is 0 Å². The minimum Gasteiger partial charge on any atom is -0.465 e. The highest BCUT2D eigenvalue weighted by molar-refractivity contribution is 6.02. The second-order valence-electron chi connectivity index (χ2n) is 4.88. The van der Waals surface area contributed by atoms with Crippen LogP contribution in [0, 0.1) is 0 Å². The van der Waals surface area contributed by atoms with Gasteiger partial charge in [0.1, 0.15) is 0 Å². The maximum atomic E-state index is 12.5. The fourth-order valence-corrected chi connectivity index (χ4v) is 2.28. The first-order valence-corrected chi connectivity index (χ1v) is 6.79. The third kappa shape index (κ3) is 2.80. The van der Waals surface area contributed by atoms with Gasteiger partial charge in [0.2, 0.25) is 0 Å². The van der Waals surface area contributed by atoms with Gasteiger partial charge >= 0.3 is 5.97 Å². The van der Waals surface area contributed by atoms with E-state index in [1.54, 1.807) is 30.3 Å². The van der Waals surface area contributed by atoms with Crippen LogP contribution in [0.15, 0.2) is 35.4 Å². The maximum absolute atomic E-state index is 12.5. The smallest absolute Gasteiger partial charge is 0.361 e. The van der Waals surface area contributed by atoms with Crippen LogP contribution in [0.5, 0.6) is 0 Å². The van der Waals surface area contributed by atoms with Crippen LogP contribution in [0.1, 0.15) is 36.5 Å². The Labute approximate surface area is 123 Å². The lowest BCUT2D eigenvalue weighted by Crippen LogP contribution is -2.52. The van der Waals surface area contributed by atoms with Gasteiger partial charge in [-0.3, -0.25) is 4.79 Å². The normalized spacial score (nSPS) is 21.1. The van der Waals surface area contributed by atoms with Crippen molar-refractivity contribution < 1.29 is 19.4 Å². The van der Waals surface area contributed by atoms with Gasteiger partial charge < -0.3 is 9.84 Å². The minimum atomic E-state index is -2.06. The zero-order valence-electron chi connectivity index (χ0n) is 12.1. The zero-order valence-corrected chi connectivity index (χ0v) is 12.1. The van der Waals surface area contributed by atoms with E-state index in [-0.39, 0.29) is 6.42 Å². The number of hydrogen-bond acceptors (Lipinski definition) is 5. The SMILES string of the molecule is CCCC1=NN(C(=O)c2ccccc2)[C@](O)(C(=O)OC)C1. The summed E-state index contributed by atoms with van der Waals surface area (Å²) in [7, 11) is 1.17. The molecule has 0 unspecified atom stereocenters. The number of esters is 1. The van der Waals surface area contributed by atoms with Crippen LogP contribution in [0.25, 0.3) is 0 Å². The van der Waals surface area contributed by atoms with Crippen molar-refractivity contribution in [3.05, 3.63) is 35.9 Å². The first kappa shape index (κ1) is 15.2. The molecule has 2 rings (SSSR count). The van der Waals surface area contributed by atoms with Gasteiger partial charge in [-0.1, -0.05) is 31.5 Å². The average molecular weight is 290 g/mol. The van der Waals surface area contributed by atoms with Gasteiger partial charge in [0.15, 0.2) is 0 Å². The van der Waals surface area contributed by atoms with E-state index in [2.05, 4.69) is 9.84 Å². The summed E-state index contributed by atoms with van der Waals surface area (Å²) >= 11 is 0. The summed E-state index contributed by atoms with van der Waals surface area (Å²) in [5, 5.41) is 15.5. The van der Waals surface area contributed by atoms with Gasteiger partial charge in [0.05, 0.1) is 7.11 Å². The molecule has 6 nitrogen and oxygen atoms in total. The van der Waals surface area contributed by atoms with Gasteiger partial charge in [-0.2, -0.15) is 10.1 Å². The maximum Gasteiger partial charge on any atom is 0.361 e. The lowest BCUT2D eigenvalue weighted by molar-refractivity contribution is -0.176. The summed E-state index contributed by atoms with van der Waals surface area (Å²) in [6, 6.07) is 8.40. The van der Waals surface area contributed by atoms with Crippen LogP contribution >= 0.6 is 0 Å². The Morgan fingerprint density at radius 3 is 2.62 bits per heavy atom. The predicted octanol–water partition coefficient (Wildman–Crippen LogP) is 1.55. The number of carbonyl (C=O) groups excluding carboxylic acids is 2. The van der Waals surface area contributed by atoms with E-state index in [0.29, 0.717) is 17.7 Å². The fourth-order valence-electron chi connectivity index (χ4n) is 2.28. The molecule has 1 aliphatic rings. The standard InChI is InChI=1S/C15H18N2O4/c1-3-7-12-10-15(20,14(19)21-2)17(16-12)13(18)11-8-5-4-6-9-11/h4-6,8-9,20H,3,7,10H2,1-2H3/t15-/m1/s1. The van der Waals surface area contributed by atoms with E-state index in [0.717, 1.165) is 11.4 Å². The molecule has 1 amide bonds. The van der Waals surface area contributed by atoms with E-state index in [1.807, 2.05) is 6.92 Å². The first-order valence-electron chi connectivity index (χ1n) is 6.79. The Hall–Kier alpha value is -2.21. The Bertz CT molecular complexity index is 570. The van der Waals surface area contributed by atoms with Crippen LogP contribution in [0.2, 0.25) is 0 Å². The molecule has 0 radical (unpaired) electrons. The monoisotopic (exact) mass is 290 g/mol. The molecule has 0 saturated carbocycles. The van der Waals surface area contributed by atoms with E-state index in [9.17, 15) is 14.7 Å². The lowest BCUT2D eigenvalue weighted by atomic mass is 10.0. The molecular weight excluding hydrogens is 272 g/mol. The van der Waals surface area contributed by atoms with Crippen LogP contribution in [-0.4, -0.2) is 40.5 Å². The summed E-state index contributed by atoms with van der Waals surface area (Å²) in [5.74, 6) is -1.42.